The van der Waals surface area contributed by atoms with Crippen molar-refractivity contribution in [2.24, 2.45) is 0 Å². The SMILES string of the molecule is [C-]#C.[C-]#C.[Cu+2]. The number of rotatable bonds is 0. The van der Waals surface area contributed by atoms with Gasteiger partial charge in [0.25, 0.3) is 0 Å². The molecule has 0 saturated carbocycles. The van der Waals surface area contributed by atoms with Crippen LogP contribution >= 0.6 is 0 Å². The molecule has 1 heteroatoms. The summed E-state index contributed by atoms with van der Waals surface area (Å²) in [4.78, 5) is 0. The van der Waals surface area contributed by atoms with Crippen LogP contribution in [0.2, 0.25) is 0 Å². The van der Waals surface area contributed by atoms with E-state index in [0.29, 0.717) is 0 Å². The van der Waals surface area contributed by atoms with Gasteiger partial charge in [0.05, 0.1) is 0 Å². The van der Waals surface area contributed by atoms with Gasteiger partial charge in [-0.05, 0) is 0 Å². The van der Waals surface area contributed by atoms with Crippen molar-refractivity contribution in [2.75, 3.05) is 0 Å². The molecule has 0 spiro atoms. The predicted molar refractivity (Wildman–Crippen MR) is 16.4 cm³/mol. The standard InChI is InChI=1S/2C2H.Cu/c2*1-2;/h2*1H;/q2*-1;+2. The molecule has 0 atom stereocenters. The third kappa shape index (κ3) is 75.3. The molecule has 0 bridgehead atoms. The van der Waals surface area contributed by atoms with Gasteiger partial charge in [-0.25, -0.2) is 0 Å². The van der Waals surface area contributed by atoms with Gasteiger partial charge in [0.15, 0.2) is 0 Å². The van der Waals surface area contributed by atoms with E-state index >= 15 is 0 Å². The van der Waals surface area contributed by atoms with Gasteiger partial charge in [0, 0.05) is 0 Å². The first kappa shape index (κ1) is 22.9. The molecule has 0 heterocycles. The van der Waals surface area contributed by atoms with Crippen molar-refractivity contribution < 1.29 is 17.1 Å². The Morgan fingerprint density at radius 1 is 0.800 bits per heavy atom. The van der Waals surface area contributed by atoms with E-state index in [1.165, 1.54) is 0 Å². The summed E-state index contributed by atoms with van der Waals surface area (Å²) in [5, 5.41) is 0. The van der Waals surface area contributed by atoms with Gasteiger partial charge in [-0.3, -0.25) is 0 Å². The number of terminal acetylenes is 2. The van der Waals surface area contributed by atoms with Crippen LogP contribution in [0.15, 0.2) is 0 Å². The third-order valence-electron chi connectivity index (χ3n) is 0. The fourth-order valence-corrected chi connectivity index (χ4v) is 0. The molecule has 0 saturated heterocycles. The molecule has 29 valence electrons. The third-order valence-corrected chi connectivity index (χ3v) is 0. The zero-order valence-corrected chi connectivity index (χ0v) is 3.40. The van der Waals surface area contributed by atoms with Gasteiger partial charge >= 0.3 is 17.1 Å². The Morgan fingerprint density at radius 3 is 0.800 bits per heavy atom. The van der Waals surface area contributed by atoms with E-state index in [-0.39, 0.29) is 17.1 Å². The second-order valence-electron chi connectivity index (χ2n) is 0. The molecule has 0 amide bonds. The summed E-state index contributed by atoms with van der Waals surface area (Å²) in [7, 11) is 0. The van der Waals surface area contributed by atoms with E-state index < -0.39 is 0 Å². The van der Waals surface area contributed by atoms with Crippen LogP contribution in [0.25, 0.3) is 0 Å². The van der Waals surface area contributed by atoms with Crippen molar-refractivity contribution >= 4 is 0 Å². The molecule has 0 aliphatic heterocycles. The maximum absolute atomic E-state index is 5.25. The quantitative estimate of drug-likeness (QED) is 0.243. The van der Waals surface area contributed by atoms with E-state index in [9.17, 15) is 0 Å². The summed E-state index contributed by atoms with van der Waals surface area (Å²) in [6, 6.07) is 0. The molecule has 0 aliphatic rings. The van der Waals surface area contributed by atoms with Crippen molar-refractivity contribution in [2.45, 2.75) is 0 Å². The monoisotopic (exact) mass is 113 g/mol. The van der Waals surface area contributed by atoms with Gasteiger partial charge < -0.3 is 25.7 Å². The topological polar surface area (TPSA) is 0 Å². The first-order valence-corrected chi connectivity index (χ1v) is 0.577. The minimum atomic E-state index is 0. The van der Waals surface area contributed by atoms with Crippen LogP contribution in [-0.4, -0.2) is 0 Å². The summed E-state index contributed by atoms with van der Waals surface area (Å²) in [6.07, 6.45) is 18.0. The Hall–Kier alpha value is -0.361. The molecule has 0 N–H and O–H groups in total. The molecule has 5 heavy (non-hydrogen) atoms. The molecule has 1 radical (unpaired) electrons. The maximum atomic E-state index is 5.25. The summed E-state index contributed by atoms with van der Waals surface area (Å²) in [5.74, 6) is 0. The van der Waals surface area contributed by atoms with Crippen molar-refractivity contribution in [3.05, 3.63) is 12.8 Å². The molecule has 0 fully saturated rings. The first-order valence-electron chi connectivity index (χ1n) is 0.577. The van der Waals surface area contributed by atoms with Crippen molar-refractivity contribution in [1.29, 1.82) is 0 Å². The molecule has 0 unspecified atom stereocenters. The van der Waals surface area contributed by atoms with Crippen LogP contribution in [0.3, 0.4) is 0 Å². The minimum Gasteiger partial charge on any atom is -0.697 e. The molecular formula is C4H2Cu. The Morgan fingerprint density at radius 2 is 0.800 bits per heavy atom. The van der Waals surface area contributed by atoms with Crippen LogP contribution in [-0.2, 0) is 17.1 Å². The van der Waals surface area contributed by atoms with Gasteiger partial charge in [-0.2, -0.15) is 0 Å². The number of hydrogen-bond acceptors (Lipinski definition) is 0. The molecule has 0 aromatic carbocycles. The zero-order valence-electron chi connectivity index (χ0n) is 2.46. The average molecular weight is 114 g/mol. The van der Waals surface area contributed by atoms with E-state index in [0.717, 1.165) is 0 Å². The summed E-state index contributed by atoms with van der Waals surface area (Å²) in [6.45, 7) is 0. The fourth-order valence-electron chi connectivity index (χ4n) is 0. The Labute approximate surface area is 43.4 Å². The minimum absolute atomic E-state index is 0. The molecule has 0 aromatic rings. The van der Waals surface area contributed by atoms with Crippen LogP contribution in [0.1, 0.15) is 0 Å². The van der Waals surface area contributed by atoms with E-state index in [1.54, 1.807) is 0 Å². The zero-order chi connectivity index (χ0) is 4.00. The predicted octanol–water partition coefficient (Wildman–Crippen LogP) is 0.409. The molecule has 0 rings (SSSR count). The normalized spacial score (nSPS) is 0.800. The Bertz CT molecular complexity index is 19.1. The Balaban J connectivity index is -0.0000000133. The van der Waals surface area contributed by atoms with Crippen LogP contribution in [0.4, 0.5) is 0 Å². The second-order valence-corrected chi connectivity index (χ2v) is 0. The first-order chi connectivity index (χ1) is 2.00. The van der Waals surface area contributed by atoms with E-state index in [1.807, 2.05) is 0 Å². The summed E-state index contributed by atoms with van der Waals surface area (Å²) in [5.41, 5.74) is 0. The maximum Gasteiger partial charge on any atom is 2.00 e. The van der Waals surface area contributed by atoms with Gasteiger partial charge in [-0.15, -0.1) is 0 Å². The van der Waals surface area contributed by atoms with Crippen molar-refractivity contribution in [3.8, 4) is 12.8 Å². The average Bonchev–Trinajstić information content (AvgIpc) is 1.50. The van der Waals surface area contributed by atoms with Crippen LogP contribution in [0.5, 0.6) is 0 Å². The van der Waals surface area contributed by atoms with Crippen molar-refractivity contribution in [1.82, 2.24) is 0 Å². The van der Waals surface area contributed by atoms with Gasteiger partial charge in [0.2, 0.25) is 0 Å². The fraction of sp³-hybridized carbons (Fsp3) is 0. The second kappa shape index (κ2) is 195. The Kier molecular flexibility index (Phi) is 892. The number of hydrogen-bond donors (Lipinski definition) is 0. The smallest absolute Gasteiger partial charge is 0.697 e. The molecule has 0 aliphatic carbocycles. The van der Waals surface area contributed by atoms with Gasteiger partial charge in [-0.1, -0.05) is 0 Å². The summed E-state index contributed by atoms with van der Waals surface area (Å²) >= 11 is 0. The van der Waals surface area contributed by atoms with Crippen LogP contribution < -0.4 is 0 Å². The van der Waals surface area contributed by atoms with Crippen LogP contribution in [0, 0.1) is 25.7 Å². The summed E-state index contributed by atoms with van der Waals surface area (Å²) < 4.78 is 0. The molecular weight excluding hydrogens is 112 g/mol. The largest absolute Gasteiger partial charge is 2.00 e. The molecule has 0 nitrogen and oxygen atoms in total. The van der Waals surface area contributed by atoms with E-state index in [2.05, 4.69) is 12.8 Å². The van der Waals surface area contributed by atoms with Gasteiger partial charge in [0.1, 0.15) is 0 Å². The van der Waals surface area contributed by atoms with Crippen molar-refractivity contribution in [3.63, 3.8) is 0 Å². The molecule has 0 aromatic heterocycles. The van der Waals surface area contributed by atoms with E-state index in [4.69, 9.17) is 12.8 Å².